The van der Waals surface area contributed by atoms with Gasteiger partial charge in [0.2, 0.25) is 0 Å². The van der Waals surface area contributed by atoms with Gasteiger partial charge in [0.25, 0.3) is 0 Å². The molecule has 0 N–H and O–H groups in total. The summed E-state index contributed by atoms with van der Waals surface area (Å²) in [6.07, 6.45) is 0. The van der Waals surface area contributed by atoms with E-state index in [0.717, 1.165) is 0 Å². The second-order valence-corrected chi connectivity index (χ2v) is 78.0. The van der Waals surface area contributed by atoms with Gasteiger partial charge in [-0.3, -0.25) is 0 Å². The molecule has 0 nitrogen and oxygen atoms in total. The van der Waals surface area contributed by atoms with Crippen LogP contribution < -0.4 is 84.9 Å². The third kappa shape index (κ3) is 8.04. The van der Waals surface area contributed by atoms with Crippen molar-refractivity contribution in [3.05, 3.63) is 485 Å². The molecule has 0 aromatic heterocycles. The van der Waals surface area contributed by atoms with Crippen LogP contribution in [0.25, 0.3) is 0 Å². The summed E-state index contributed by atoms with van der Waals surface area (Å²) in [5.41, 5.74) is 0. The van der Waals surface area contributed by atoms with Gasteiger partial charge < -0.3 is 0 Å². The summed E-state index contributed by atoms with van der Waals surface area (Å²) in [5, 5.41) is 20.6. The Hall–Kier alpha value is -10.1. The number of benzene rings is 16. The van der Waals surface area contributed by atoms with Crippen molar-refractivity contribution in [2.45, 2.75) is 0 Å². The minimum atomic E-state index is -6.18. The maximum atomic E-state index is 2.65. The third-order valence-corrected chi connectivity index (χ3v) is 139. The molecule has 0 aliphatic carbocycles. The van der Waals surface area contributed by atoms with E-state index in [4.69, 9.17) is 0 Å². The van der Waals surface area contributed by atoms with Crippen LogP contribution in [0.1, 0.15) is 0 Å². The SMILES string of the molecule is c1ccc([P](c2ccccc2)(c2ccccc2)(c2ccccc2)[Pd]([P](c2ccccc2)(c2ccccc2)(c2ccccc2)c2ccccc2)([P](c2ccccc2)(c2ccccc2)(c2ccccc2)c2ccccc2)[P](c2ccccc2)(c2ccccc2)(c2ccccc2)c2ccccc2)cc1. The summed E-state index contributed by atoms with van der Waals surface area (Å²) >= 11 is -6.18. The average Bonchev–Trinajstić information content (AvgIpc) is 0.563. The van der Waals surface area contributed by atoms with Crippen LogP contribution in [0.2, 0.25) is 0 Å². The zero-order valence-electron chi connectivity index (χ0n) is 56.3. The van der Waals surface area contributed by atoms with Gasteiger partial charge in [0.15, 0.2) is 0 Å². The standard InChI is InChI=1S/4C24H20P.Pd/c4*1-5-13-21(14-6-1)25(22-15-7-2-8-16-22,23-17-9-3-10-18-23)24-19-11-4-12-20-24;/h4*1-20H;/q4*+1;-4. The summed E-state index contributed by atoms with van der Waals surface area (Å²) in [4.78, 5) is -23.1. The molecule has 0 saturated heterocycles. The Bertz CT molecular complexity index is 4020. The maximum absolute atomic E-state index is 6.18. The molecule has 16 aromatic rings. The Morgan fingerprint density at radius 3 is 0.208 bits per heavy atom. The van der Waals surface area contributed by atoms with Gasteiger partial charge in [0.1, 0.15) is 0 Å². The van der Waals surface area contributed by atoms with Gasteiger partial charge in [0, 0.05) is 0 Å². The minimum absolute atomic E-state index is 1.28. The van der Waals surface area contributed by atoms with Crippen LogP contribution in [-0.2, 0) is 13.6 Å². The van der Waals surface area contributed by atoms with Crippen LogP contribution in [0.5, 0.6) is 0 Å². The molecule has 0 amide bonds. The molecule has 0 heterocycles. The summed E-state index contributed by atoms with van der Waals surface area (Å²) in [5.74, 6) is 0. The molecule has 5 heteroatoms. The van der Waals surface area contributed by atoms with Gasteiger partial charge in [-0.15, -0.1) is 0 Å². The fourth-order valence-electron chi connectivity index (χ4n) is 18.0. The number of rotatable bonds is 20. The van der Waals surface area contributed by atoms with Gasteiger partial charge in [-0.05, 0) is 0 Å². The summed E-state index contributed by atoms with van der Waals surface area (Å²) in [6.45, 7) is 0. The Kier molecular flexibility index (Phi) is 17.2. The number of hydrogen-bond acceptors (Lipinski definition) is 0. The molecule has 0 bridgehead atoms. The van der Waals surface area contributed by atoms with E-state index in [1.165, 1.54) is 84.9 Å². The van der Waals surface area contributed by atoms with Gasteiger partial charge >= 0.3 is 603 Å². The quantitative estimate of drug-likeness (QED) is 0.0527. The van der Waals surface area contributed by atoms with Crippen molar-refractivity contribution in [2.24, 2.45) is 0 Å². The normalized spacial score (nSPS) is 14.4. The Balaban J connectivity index is 1.63. The van der Waals surface area contributed by atoms with Crippen LogP contribution in [0.3, 0.4) is 0 Å². The Morgan fingerprint density at radius 1 is 0.0891 bits per heavy atom. The van der Waals surface area contributed by atoms with Crippen molar-refractivity contribution in [2.75, 3.05) is 0 Å². The summed E-state index contributed by atoms with van der Waals surface area (Å²) in [7, 11) is 0. The van der Waals surface area contributed by atoms with Crippen molar-refractivity contribution >= 4 is 104 Å². The fraction of sp³-hybridized carbons (Fsp3) is 0. The molecule has 0 aliphatic heterocycles. The summed E-state index contributed by atoms with van der Waals surface area (Å²) < 4.78 is 0. The van der Waals surface area contributed by atoms with E-state index in [0.29, 0.717) is 0 Å². The molecule has 0 unspecified atom stereocenters. The third-order valence-electron chi connectivity index (χ3n) is 21.1. The first-order valence-electron chi connectivity index (χ1n) is 34.7. The molecule has 0 radical (unpaired) electrons. The van der Waals surface area contributed by atoms with E-state index in [9.17, 15) is 0 Å². The summed E-state index contributed by atoms with van der Waals surface area (Å²) in [6, 6.07) is 199. The van der Waals surface area contributed by atoms with E-state index in [2.05, 4.69) is 485 Å². The van der Waals surface area contributed by atoms with Crippen LogP contribution in [0.4, 0.5) is 0 Å². The second-order valence-electron chi connectivity index (χ2n) is 25.6. The van der Waals surface area contributed by atoms with Crippen LogP contribution in [0.15, 0.2) is 485 Å². The Labute approximate surface area is 598 Å². The monoisotopic (exact) mass is 1460 g/mol. The molecule has 0 saturated carbocycles. The van der Waals surface area contributed by atoms with E-state index >= 15 is 0 Å². The van der Waals surface area contributed by atoms with E-state index in [-0.39, 0.29) is 0 Å². The first-order valence-corrected chi connectivity index (χ1v) is 51.3. The zero-order valence-corrected chi connectivity index (χ0v) is 61.4. The van der Waals surface area contributed by atoms with Crippen LogP contribution >= 0.6 is 19.2 Å². The molecular weight excluding hydrogens is 1380 g/mol. The topological polar surface area (TPSA) is 0 Å². The fourth-order valence-corrected chi connectivity index (χ4v) is 219. The van der Waals surface area contributed by atoms with Gasteiger partial charge in [-0.25, -0.2) is 0 Å². The predicted molar refractivity (Wildman–Crippen MR) is 445 cm³/mol. The molecule has 16 rings (SSSR count). The average molecular weight is 1460 g/mol. The molecule has 16 aromatic carbocycles. The van der Waals surface area contributed by atoms with E-state index in [1.54, 1.807) is 0 Å². The van der Waals surface area contributed by atoms with E-state index in [1.807, 2.05) is 0 Å². The molecule has 101 heavy (non-hydrogen) atoms. The van der Waals surface area contributed by atoms with Crippen LogP contribution in [-0.4, -0.2) is 0 Å². The van der Waals surface area contributed by atoms with Gasteiger partial charge in [-0.1, -0.05) is 0 Å². The second kappa shape index (κ2) is 26.5. The molecule has 494 valence electrons. The first-order chi connectivity index (χ1) is 50.1. The van der Waals surface area contributed by atoms with Crippen molar-refractivity contribution < 1.29 is 13.6 Å². The first kappa shape index (κ1) is 65.5. The molecule has 0 fully saturated rings. The van der Waals surface area contributed by atoms with Crippen LogP contribution in [0, 0.1) is 0 Å². The van der Waals surface area contributed by atoms with E-state index < -0.39 is 32.7 Å². The molecule has 0 atom stereocenters. The van der Waals surface area contributed by atoms with Crippen molar-refractivity contribution in [1.29, 1.82) is 0 Å². The van der Waals surface area contributed by atoms with Crippen molar-refractivity contribution in [1.82, 2.24) is 0 Å². The van der Waals surface area contributed by atoms with Crippen molar-refractivity contribution in [3.63, 3.8) is 0 Å². The molecule has 0 aliphatic rings. The number of hydrogen-bond donors (Lipinski definition) is 0. The van der Waals surface area contributed by atoms with Gasteiger partial charge in [0.05, 0.1) is 0 Å². The molecular formula is C96H80P4Pd. The predicted octanol–water partition coefficient (Wildman–Crippen LogP) is 17.2. The Morgan fingerprint density at radius 2 is 0.149 bits per heavy atom. The van der Waals surface area contributed by atoms with Crippen molar-refractivity contribution in [3.8, 4) is 0 Å². The molecule has 0 spiro atoms. The zero-order chi connectivity index (χ0) is 68.1. The van der Waals surface area contributed by atoms with Gasteiger partial charge in [-0.2, -0.15) is 0 Å².